The number of hydrogen-bond acceptors (Lipinski definition) is 5. The molecule has 0 radical (unpaired) electrons. The van der Waals surface area contributed by atoms with E-state index in [9.17, 15) is 9.90 Å². The Morgan fingerprint density at radius 2 is 2.23 bits per heavy atom. The Bertz CT molecular complexity index is 646. The van der Waals surface area contributed by atoms with E-state index in [2.05, 4.69) is 15.5 Å². The summed E-state index contributed by atoms with van der Waals surface area (Å²) in [6, 6.07) is 3.76. The van der Waals surface area contributed by atoms with Crippen molar-refractivity contribution < 1.29 is 14.4 Å². The molecule has 0 unspecified atom stereocenters. The number of pyridine rings is 1. The largest absolute Gasteiger partial charge is 0.385 e. The molecule has 1 aliphatic carbocycles. The second-order valence-corrected chi connectivity index (χ2v) is 5.64. The molecule has 2 N–H and O–H groups in total. The summed E-state index contributed by atoms with van der Waals surface area (Å²) < 4.78 is 5.21. The Balaban J connectivity index is 1.96. The zero-order valence-corrected chi connectivity index (χ0v) is 12.5. The molecule has 116 valence electrons. The van der Waals surface area contributed by atoms with Crippen molar-refractivity contribution in [3.8, 4) is 11.3 Å². The number of nitrogens with zero attached hydrogens (tertiary/aromatic N) is 2. The van der Waals surface area contributed by atoms with Crippen molar-refractivity contribution in [1.82, 2.24) is 15.5 Å². The first-order valence-electron chi connectivity index (χ1n) is 7.55. The highest BCUT2D eigenvalue weighted by molar-refractivity contribution is 6.01. The molecule has 1 amide bonds. The van der Waals surface area contributed by atoms with Crippen molar-refractivity contribution in [2.24, 2.45) is 0 Å². The van der Waals surface area contributed by atoms with Gasteiger partial charge >= 0.3 is 0 Å². The Morgan fingerprint density at radius 3 is 2.86 bits per heavy atom. The summed E-state index contributed by atoms with van der Waals surface area (Å²) in [5, 5.41) is 16.8. The van der Waals surface area contributed by atoms with Gasteiger partial charge in [-0.25, -0.2) is 0 Å². The van der Waals surface area contributed by atoms with E-state index in [-0.39, 0.29) is 17.7 Å². The van der Waals surface area contributed by atoms with Gasteiger partial charge in [-0.3, -0.25) is 9.78 Å². The second-order valence-electron chi connectivity index (χ2n) is 5.64. The minimum Gasteiger partial charge on any atom is -0.385 e. The van der Waals surface area contributed by atoms with Gasteiger partial charge in [-0.05, 0) is 31.9 Å². The fourth-order valence-corrected chi connectivity index (χ4v) is 2.83. The van der Waals surface area contributed by atoms with Crippen LogP contribution in [0, 0.1) is 0 Å². The van der Waals surface area contributed by atoms with Gasteiger partial charge in [0.2, 0.25) is 0 Å². The normalized spacial score (nSPS) is 16.6. The molecule has 2 aromatic heterocycles. The van der Waals surface area contributed by atoms with Crippen LogP contribution < -0.4 is 5.32 Å². The van der Waals surface area contributed by atoms with E-state index in [4.69, 9.17) is 4.52 Å². The van der Waals surface area contributed by atoms with Gasteiger partial charge in [0.25, 0.3) is 5.91 Å². The number of rotatable bonds is 4. The van der Waals surface area contributed by atoms with Crippen molar-refractivity contribution in [3.05, 3.63) is 35.9 Å². The molecule has 2 heterocycles. The summed E-state index contributed by atoms with van der Waals surface area (Å²) in [6.07, 6.45) is 6.61. The highest BCUT2D eigenvalue weighted by Crippen LogP contribution is 2.29. The monoisotopic (exact) mass is 301 g/mol. The smallest absolute Gasteiger partial charge is 0.257 e. The van der Waals surface area contributed by atoms with Crippen molar-refractivity contribution in [1.29, 1.82) is 0 Å². The quantitative estimate of drug-likeness (QED) is 0.905. The molecule has 1 saturated carbocycles. The minimum absolute atomic E-state index is 0.186. The molecule has 1 fully saturated rings. The van der Waals surface area contributed by atoms with E-state index >= 15 is 0 Å². The van der Waals surface area contributed by atoms with Crippen LogP contribution in [0.5, 0.6) is 0 Å². The molecular formula is C16H19N3O3. The van der Waals surface area contributed by atoms with Crippen molar-refractivity contribution in [2.75, 3.05) is 0 Å². The van der Waals surface area contributed by atoms with Crippen LogP contribution >= 0.6 is 0 Å². The van der Waals surface area contributed by atoms with Gasteiger partial charge in [-0.1, -0.05) is 18.0 Å². The van der Waals surface area contributed by atoms with Crippen molar-refractivity contribution >= 4 is 5.91 Å². The van der Waals surface area contributed by atoms with Crippen molar-refractivity contribution in [2.45, 2.75) is 44.8 Å². The minimum atomic E-state index is -0.901. The maximum absolute atomic E-state index is 12.6. The topological polar surface area (TPSA) is 88.2 Å². The van der Waals surface area contributed by atoms with E-state index in [1.807, 2.05) is 6.07 Å². The Kier molecular flexibility index (Phi) is 4.20. The lowest BCUT2D eigenvalue weighted by molar-refractivity contribution is 0.0925. The van der Waals surface area contributed by atoms with Crippen LogP contribution in [-0.2, 0) is 0 Å². The van der Waals surface area contributed by atoms with Gasteiger partial charge in [0.15, 0.2) is 5.76 Å². The average molecular weight is 301 g/mol. The van der Waals surface area contributed by atoms with E-state index in [0.29, 0.717) is 16.8 Å². The summed E-state index contributed by atoms with van der Waals surface area (Å²) in [5.41, 5.74) is 1.41. The third-order valence-corrected chi connectivity index (χ3v) is 3.95. The molecule has 1 aliphatic rings. The lowest BCUT2D eigenvalue weighted by Crippen LogP contribution is -2.33. The first-order chi connectivity index (χ1) is 10.7. The van der Waals surface area contributed by atoms with Gasteiger partial charge in [0.1, 0.15) is 17.4 Å². The van der Waals surface area contributed by atoms with Gasteiger partial charge in [0, 0.05) is 24.0 Å². The molecule has 0 saturated heterocycles. The number of aromatic nitrogens is 2. The van der Waals surface area contributed by atoms with Gasteiger partial charge in [0.05, 0.1) is 0 Å². The number of carbonyl (C=O) groups is 1. The molecular weight excluding hydrogens is 282 g/mol. The number of aliphatic hydroxyl groups is 1. The van der Waals surface area contributed by atoms with Crippen LogP contribution in [0.4, 0.5) is 0 Å². The van der Waals surface area contributed by atoms with E-state index < -0.39 is 6.10 Å². The van der Waals surface area contributed by atoms with E-state index in [1.165, 1.54) is 0 Å². The van der Waals surface area contributed by atoms with Gasteiger partial charge in [-0.15, -0.1) is 0 Å². The average Bonchev–Trinajstić information content (AvgIpc) is 3.16. The zero-order chi connectivity index (χ0) is 15.5. The number of amides is 1. The fraction of sp³-hybridized carbons (Fsp3) is 0.438. The van der Waals surface area contributed by atoms with Crippen LogP contribution in [0.2, 0.25) is 0 Å². The number of carbonyl (C=O) groups excluding carboxylic acids is 1. The Hall–Kier alpha value is -2.21. The number of nitrogens with one attached hydrogen (secondary N) is 1. The molecule has 6 nitrogen and oxygen atoms in total. The molecule has 6 heteroatoms. The van der Waals surface area contributed by atoms with Gasteiger partial charge in [-0.2, -0.15) is 0 Å². The lowest BCUT2D eigenvalue weighted by Gasteiger charge is -2.12. The van der Waals surface area contributed by atoms with Crippen LogP contribution in [0.15, 0.2) is 29.0 Å². The first kappa shape index (κ1) is 14.7. The molecule has 22 heavy (non-hydrogen) atoms. The predicted octanol–water partition coefficient (Wildman–Crippen LogP) is 2.46. The highest BCUT2D eigenvalue weighted by Gasteiger charge is 2.28. The van der Waals surface area contributed by atoms with Crippen LogP contribution in [0.1, 0.15) is 54.8 Å². The van der Waals surface area contributed by atoms with Crippen LogP contribution in [0.3, 0.4) is 0 Å². The number of hydrogen-bond donors (Lipinski definition) is 2. The summed E-state index contributed by atoms with van der Waals surface area (Å²) in [4.78, 5) is 16.7. The lowest BCUT2D eigenvalue weighted by atomic mass is 10.0. The first-order valence-corrected chi connectivity index (χ1v) is 7.55. The summed E-state index contributed by atoms with van der Waals surface area (Å²) in [6.45, 7) is 1.56. The second kappa shape index (κ2) is 6.27. The molecule has 2 aromatic rings. The Morgan fingerprint density at radius 1 is 1.45 bits per heavy atom. The van der Waals surface area contributed by atoms with Crippen LogP contribution in [0.25, 0.3) is 11.3 Å². The maximum atomic E-state index is 12.6. The summed E-state index contributed by atoms with van der Waals surface area (Å²) in [5.74, 6) is -0.0581. The summed E-state index contributed by atoms with van der Waals surface area (Å²) >= 11 is 0. The molecule has 1 atom stereocenters. The van der Waals surface area contributed by atoms with Crippen LogP contribution in [-0.4, -0.2) is 27.2 Å². The highest BCUT2D eigenvalue weighted by atomic mass is 16.5. The van der Waals surface area contributed by atoms with Crippen molar-refractivity contribution in [3.63, 3.8) is 0 Å². The maximum Gasteiger partial charge on any atom is 0.257 e. The third kappa shape index (κ3) is 2.87. The van der Waals surface area contributed by atoms with Gasteiger partial charge < -0.3 is 14.9 Å². The summed E-state index contributed by atoms with van der Waals surface area (Å²) in [7, 11) is 0. The molecule has 0 aromatic carbocycles. The standard InChI is InChI=1S/C16H19N3O3/c1-10(20)15-13(16(21)18-12-6-2-3-7-12)14(19-22-15)11-5-4-8-17-9-11/h4-5,8-10,12,20H,2-3,6-7H2,1H3,(H,18,21)/t10-/m0/s1. The fourth-order valence-electron chi connectivity index (χ4n) is 2.83. The molecule has 0 bridgehead atoms. The Labute approximate surface area is 128 Å². The molecule has 0 spiro atoms. The predicted molar refractivity (Wildman–Crippen MR) is 80.1 cm³/mol. The van der Waals surface area contributed by atoms with E-state index in [0.717, 1.165) is 25.7 Å². The van der Waals surface area contributed by atoms with E-state index in [1.54, 1.807) is 25.4 Å². The molecule has 0 aliphatic heterocycles. The zero-order valence-electron chi connectivity index (χ0n) is 12.5. The molecule has 3 rings (SSSR count). The third-order valence-electron chi connectivity index (χ3n) is 3.95. The SMILES string of the molecule is C[C@H](O)c1onc(-c2cccnc2)c1C(=O)NC1CCCC1. The number of aliphatic hydroxyl groups excluding tert-OH is 1.